The second-order valence-electron chi connectivity index (χ2n) is 4.52. The quantitative estimate of drug-likeness (QED) is 0.708. The van der Waals surface area contributed by atoms with Crippen molar-refractivity contribution in [3.8, 4) is 0 Å². The summed E-state index contributed by atoms with van der Waals surface area (Å²) in [5, 5.41) is 0. The van der Waals surface area contributed by atoms with Crippen molar-refractivity contribution >= 4 is 5.91 Å². The summed E-state index contributed by atoms with van der Waals surface area (Å²) >= 11 is 0. The SMILES string of the molecule is CCC1CN(C(C)=O)CCc2ccccc21. The zero-order valence-corrected chi connectivity index (χ0v) is 10.1. The van der Waals surface area contributed by atoms with Gasteiger partial charge in [0.2, 0.25) is 5.91 Å². The normalized spacial score (nSPS) is 20.1. The molecular formula is C14H19NO. The molecule has 2 rings (SSSR count). The fourth-order valence-electron chi connectivity index (χ4n) is 2.51. The van der Waals surface area contributed by atoms with E-state index in [-0.39, 0.29) is 5.91 Å². The Hall–Kier alpha value is -1.31. The molecule has 0 spiro atoms. The number of nitrogens with zero attached hydrogens (tertiary/aromatic N) is 1. The van der Waals surface area contributed by atoms with Crippen LogP contribution in [0.4, 0.5) is 0 Å². The molecule has 1 heterocycles. The molecule has 0 bridgehead atoms. The predicted octanol–water partition coefficient (Wildman–Crippen LogP) is 2.58. The molecule has 2 heteroatoms. The molecule has 86 valence electrons. The van der Waals surface area contributed by atoms with E-state index in [2.05, 4.69) is 31.2 Å². The van der Waals surface area contributed by atoms with Crippen molar-refractivity contribution in [2.45, 2.75) is 32.6 Å². The van der Waals surface area contributed by atoms with Crippen molar-refractivity contribution in [3.63, 3.8) is 0 Å². The average molecular weight is 217 g/mol. The minimum absolute atomic E-state index is 0.200. The molecule has 0 saturated heterocycles. The van der Waals surface area contributed by atoms with Crippen LogP contribution in [0.2, 0.25) is 0 Å². The Kier molecular flexibility index (Phi) is 3.28. The molecule has 2 nitrogen and oxygen atoms in total. The fraction of sp³-hybridized carbons (Fsp3) is 0.500. The van der Waals surface area contributed by atoms with E-state index in [4.69, 9.17) is 0 Å². The van der Waals surface area contributed by atoms with Crippen LogP contribution in [-0.4, -0.2) is 23.9 Å². The lowest BCUT2D eigenvalue weighted by atomic mass is 9.92. The van der Waals surface area contributed by atoms with Gasteiger partial charge >= 0.3 is 0 Å². The number of hydrogen-bond acceptors (Lipinski definition) is 1. The summed E-state index contributed by atoms with van der Waals surface area (Å²) < 4.78 is 0. The monoisotopic (exact) mass is 217 g/mol. The van der Waals surface area contributed by atoms with Crippen LogP contribution >= 0.6 is 0 Å². The van der Waals surface area contributed by atoms with Crippen LogP contribution in [0.3, 0.4) is 0 Å². The largest absolute Gasteiger partial charge is 0.342 e. The molecule has 1 atom stereocenters. The highest BCUT2D eigenvalue weighted by molar-refractivity contribution is 5.73. The number of amides is 1. The Morgan fingerprint density at radius 2 is 2.19 bits per heavy atom. The standard InChI is InChI=1S/C14H19NO/c1-3-12-10-15(11(2)16)9-8-13-6-4-5-7-14(12)13/h4-7,12H,3,8-10H2,1-2H3. The third-order valence-electron chi connectivity index (χ3n) is 3.52. The molecular weight excluding hydrogens is 198 g/mol. The van der Waals surface area contributed by atoms with Gasteiger partial charge in [-0.05, 0) is 24.0 Å². The first-order valence-electron chi connectivity index (χ1n) is 6.05. The third kappa shape index (κ3) is 2.11. The van der Waals surface area contributed by atoms with Crippen LogP contribution in [-0.2, 0) is 11.2 Å². The van der Waals surface area contributed by atoms with Gasteiger partial charge in [0.25, 0.3) is 0 Å². The second kappa shape index (κ2) is 4.69. The van der Waals surface area contributed by atoms with Crippen LogP contribution in [0, 0.1) is 0 Å². The van der Waals surface area contributed by atoms with Gasteiger partial charge in [-0.2, -0.15) is 0 Å². The highest BCUT2D eigenvalue weighted by Crippen LogP contribution is 2.27. The lowest BCUT2D eigenvalue weighted by Gasteiger charge is -2.23. The van der Waals surface area contributed by atoms with Gasteiger partial charge in [-0.25, -0.2) is 0 Å². The molecule has 1 amide bonds. The molecule has 1 aromatic carbocycles. The molecule has 16 heavy (non-hydrogen) atoms. The van der Waals surface area contributed by atoms with Crippen LogP contribution in [0.5, 0.6) is 0 Å². The van der Waals surface area contributed by atoms with E-state index in [1.54, 1.807) is 6.92 Å². The molecule has 0 fully saturated rings. The van der Waals surface area contributed by atoms with Gasteiger partial charge in [0.1, 0.15) is 0 Å². The van der Waals surface area contributed by atoms with Crippen LogP contribution in [0.15, 0.2) is 24.3 Å². The molecule has 1 aliphatic rings. The Balaban J connectivity index is 2.30. The van der Waals surface area contributed by atoms with Gasteiger partial charge in [0, 0.05) is 25.9 Å². The van der Waals surface area contributed by atoms with E-state index in [9.17, 15) is 4.79 Å². The number of carbonyl (C=O) groups excluding carboxylic acids is 1. The highest BCUT2D eigenvalue weighted by Gasteiger charge is 2.22. The minimum Gasteiger partial charge on any atom is -0.342 e. The summed E-state index contributed by atoms with van der Waals surface area (Å²) in [5.41, 5.74) is 2.85. The third-order valence-corrected chi connectivity index (χ3v) is 3.52. The summed E-state index contributed by atoms with van der Waals surface area (Å²) in [7, 11) is 0. The molecule has 0 aromatic heterocycles. The van der Waals surface area contributed by atoms with Gasteiger partial charge < -0.3 is 4.90 Å². The van der Waals surface area contributed by atoms with Gasteiger partial charge in [-0.15, -0.1) is 0 Å². The topological polar surface area (TPSA) is 20.3 Å². The lowest BCUT2D eigenvalue weighted by molar-refractivity contribution is -0.129. The predicted molar refractivity (Wildman–Crippen MR) is 65.4 cm³/mol. The Bertz CT molecular complexity index is 386. The fourth-order valence-corrected chi connectivity index (χ4v) is 2.51. The van der Waals surface area contributed by atoms with Crippen molar-refractivity contribution < 1.29 is 4.79 Å². The van der Waals surface area contributed by atoms with E-state index in [0.717, 1.165) is 25.9 Å². The van der Waals surface area contributed by atoms with Gasteiger partial charge in [0.15, 0.2) is 0 Å². The molecule has 1 aliphatic heterocycles. The Morgan fingerprint density at radius 3 is 2.88 bits per heavy atom. The first kappa shape index (κ1) is 11.2. The van der Waals surface area contributed by atoms with Gasteiger partial charge in [-0.3, -0.25) is 4.79 Å². The zero-order valence-electron chi connectivity index (χ0n) is 10.1. The van der Waals surface area contributed by atoms with E-state index < -0.39 is 0 Å². The summed E-state index contributed by atoms with van der Waals surface area (Å²) in [5.74, 6) is 0.703. The molecule has 0 N–H and O–H groups in total. The lowest BCUT2D eigenvalue weighted by Crippen LogP contribution is -2.32. The smallest absolute Gasteiger partial charge is 0.219 e. The minimum atomic E-state index is 0.200. The van der Waals surface area contributed by atoms with Crippen LogP contribution in [0.25, 0.3) is 0 Å². The second-order valence-corrected chi connectivity index (χ2v) is 4.52. The van der Waals surface area contributed by atoms with E-state index in [0.29, 0.717) is 5.92 Å². The molecule has 1 unspecified atom stereocenters. The zero-order chi connectivity index (χ0) is 11.5. The van der Waals surface area contributed by atoms with E-state index in [1.807, 2.05) is 4.90 Å². The number of fused-ring (bicyclic) bond motifs is 1. The maximum absolute atomic E-state index is 11.5. The van der Waals surface area contributed by atoms with Crippen molar-refractivity contribution in [1.29, 1.82) is 0 Å². The Labute approximate surface area is 97.3 Å². The van der Waals surface area contributed by atoms with Crippen molar-refractivity contribution in [2.75, 3.05) is 13.1 Å². The van der Waals surface area contributed by atoms with Gasteiger partial charge in [0.05, 0.1) is 0 Å². The number of rotatable bonds is 1. The molecule has 0 aliphatic carbocycles. The van der Waals surface area contributed by atoms with E-state index >= 15 is 0 Å². The first-order valence-corrected chi connectivity index (χ1v) is 6.05. The molecule has 1 aromatic rings. The summed E-state index contributed by atoms with van der Waals surface area (Å²) in [6.45, 7) is 5.61. The summed E-state index contributed by atoms with van der Waals surface area (Å²) in [6, 6.07) is 8.61. The number of carbonyl (C=O) groups is 1. The number of hydrogen-bond donors (Lipinski definition) is 0. The summed E-state index contributed by atoms with van der Waals surface area (Å²) in [6.07, 6.45) is 2.09. The molecule has 0 radical (unpaired) electrons. The van der Waals surface area contributed by atoms with Crippen LogP contribution < -0.4 is 0 Å². The average Bonchev–Trinajstić information content (AvgIpc) is 2.48. The molecule has 0 saturated carbocycles. The Morgan fingerprint density at radius 1 is 1.44 bits per heavy atom. The maximum Gasteiger partial charge on any atom is 0.219 e. The van der Waals surface area contributed by atoms with Crippen LogP contribution in [0.1, 0.15) is 37.3 Å². The maximum atomic E-state index is 11.5. The van der Waals surface area contributed by atoms with Crippen molar-refractivity contribution in [1.82, 2.24) is 4.90 Å². The highest BCUT2D eigenvalue weighted by atomic mass is 16.2. The van der Waals surface area contributed by atoms with Crippen molar-refractivity contribution in [3.05, 3.63) is 35.4 Å². The van der Waals surface area contributed by atoms with Crippen molar-refractivity contribution in [2.24, 2.45) is 0 Å². The van der Waals surface area contributed by atoms with E-state index in [1.165, 1.54) is 11.1 Å². The number of benzene rings is 1. The summed E-state index contributed by atoms with van der Waals surface area (Å²) in [4.78, 5) is 13.5. The van der Waals surface area contributed by atoms with Gasteiger partial charge in [-0.1, -0.05) is 31.2 Å². The first-order chi connectivity index (χ1) is 7.72.